The smallest absolute Gasteiger partial charge is 0.280 e. The van der Waals surface area contributed by atoms with Gasteiger partial charge in [-0.3, -0.25) is 0 Å². The third-order valence-electron chi connectivity index (χ3n) is 2.07. The summed E-state index contributed by atoms with van der Waals surface area (Å²) >= 11 is 0. The molecule has 0 aromatic carbocycles. The topological polar surface area (TPSA) is 30.5 Å². The summed E-state index contributed by atoms with van der Waals surface area (Å²) in [7, 11) is 5.03. The Morgan fingerprint density at radius 2 is 1.58 bits per heavy atom. The second kappa shape index (κ2) is 6.56. The predicted octanol–water partition coefficient (Wildman–Crippen LogP) is -0.669. The van der Waals surface area contributed by atoms with Crippen molar-refractivity contribution < 1.29 is 0 Å². The summed E-state index contributed by atoms with van der Waals surface area (Å²) in [5, 5.41) is 2.25. The van der Waals surface area contributed by atoms with Crippen LogP contribution in [0.25, 0.3) is 0 Å². The minimum atomic E-state index is -1.12. The molecule has 0 saturated carbocycles. The molecule has 0 unspecified atom stereocenters. The highest BCUT2D eigenvalue weighted by Crippen LogP contribution is 1.93. The Kier molecular flexibility index (Phi) is 6.59. The van der Waals surface area contributed by atoms with Crippen molar-refractivity contribution in [1.29, 1.82) is 0 Å². The summed E-state index contributed by atoms with van der Waals surface area (Å²) in [6, 6.07) is 0. The Morgan fingerprint density at radius 3 is 1.83 bits per heavy atom. The van der Waals surface area contributed by atoms with Crippen LogP contribution in [0, 0.1) is 0 Å². The van der Waals surface area contributed by atoms with Crippen LogP contribution in [0.3, 0.4) is 0 Å². The highest BCUT2D eigenvalue weighted by Gasteiger charge is 2.18. The molecule has 0 rings (SSSR count). The molecule has 0 atom stereocenters. The van der Waals surface area contributed by atoms with Crippen molar-refractivity contribution in [1.82, 2.24) is 19.6 Å². The number of nitrogens with zero attached hydrogens (tertiary/aromatic N) is 2. The van der Waals surface area contributed by atoms with Crippen molar-refractivity contribution in [2.24, 2.45) is 0 Å². The second-order valence-corrected chi connectivity index (χ2v) is 5.27. The maximum absolute atomic E-state index is 3.33. The van der Waals surface area contributed by atoms with E-state index in [9.17, 15) is 0 Å². The third-order valence-corrected chi connectivity index (χ3v) is 4.51. The Labute approximate surface area is 77.7 Å². The summed E-state index contributed by atoms with van der Waals surface area (Å²) in [6.45, 7) is 6.46. The number of hydrazine groups is 1. The van der Waals surface area contributed by atoms with Gasteiger partial charge < -0.3 is 9.96 Å². The van der Waals surface area contributed by atoms with E-state index in [0.29, 0.717) is 0 Å². The maximum atomic E-state index is 3.33. The third kappa shape index (κ3) is 3.20. The van der Waals surface area contributed by atoms with Gasteiger partial charge in [0, 0.05) is 20.1 Å². The average Bonchev–Trinajstić information content (AvgIpc) is 2.12. The van der Waals surface area contributed by atoms with Crippen LogP contribution in [-0.2, 0) is 0 Å². The average molecular weight is 190 g/mol. The van der Waals surface area contributed by atoms with Gasteiger partial charge in [-0.25, -0.2) is 9.68 Å². The van der Waals surface area contributed by atoms with Crippen molar-refractivity contribution in [3.05, 3.63) is 0 Å². The van der Waals surface area contributed by atoms with Gasteiger partial charge in [0.15, 0.2) is 0 Å². The van der Waals surface area contributed by atoms with Crippen LogP contribution in [0.2, 0.25) is 0 Å². The fourth-order valence-electron chi connectivity index (χ4n) is 1.25. The molecule has 0 aromatic rings. The second-order valence-electron chi connectivity index (χ2n) is 2.71. The Morgan fingerprint density at radius 1 is 1.08 bits per heavy atom. The summed E-state index contributed by atoms with van der Waals surface area (Å²) in [4.78, 5) is 6.66. The van der Waals surface area contributed by atoms with Crippen LogP contribution in [0.4, 0.5) is 0 Å². The molecule has 0 aliphatic heterocycles. The molecule has 0 fully saturated rings. The van der Waals surface area contributed by atoms with Gasteiger partial charge in [0.1, 0.15) is 0 Å². The molecule has 0 saturated heterocycles. The number of nitrogens with one attached hydrogen (secondary N) is 2. The minimum absolute atomic E-state index is 1.06. The quantitative estimate of drug-likeness (QED) is 0.430. The van der Waals surface area contributed by atoms with Crippen molar-refractivity contribution in [2.45, 2.75) is 13.8 Å². The molecule has 0 amide bonds. The van der Waals surface area contributed by atoms with Crippen LogP contribution in [0.5, 0.6) is 0 Å². The molecule has 12 heavy (non-hydrogen) atoms. The van der Waals surface area contributed by atoms with E-state index < -0.39 is 9.28 Å². The van der Waals surface area contributed by atoms with Gasteiger partial charge in [-0.2, -0.15) is 0 Å². The lowest BCUT2D eigenvalue weighted by Crippen LogP contribution is -2.62. The van der Waals surface area contributed by atoms with Crippen molar-refractivity contribution in [3.63, 3.8) is 0 Å². The Balaban J connectivity index is 4.09. The van der Waals surface area contributed by atoms with E-state index >= 15 is 0 Å². The molecule has 0 radical (unpaired) electrons. The summed E-state index contributed by atoms with van der Waals surface area (Å²) < 4.78 is 2.38. The van der Waals surface area contributed by atoms with E-state index in [1.807, 2.05) is 14.1 Å². The fourth-order valence-corrected chi connectivity index (χ4v) is 3.05. The summed E-state index contributed by atoms with van der Waals surface area (Å²) in [5.74, 6) is 0. The molecule has 5 heteroatoms. The van der Waals surface area contributed by atoms with Gasteiger partial charge in [-0.1, -0.05) is 13.8 Å². The zero-order chi connectivity index (χ0) is 9.56. The monoisotopic (exact) mass is 190 g/mol. The first-order valence-corrected chi connectivity index (χ1v) is 6.20. The lowest BCUT2D eigenvalue weighted by atomic mass is 10.7. The molecule has 74 valence electrons. The van der Waals surface area contributed by atoms with Crippen molar-refractivity contribution in [3.8, 4) is 0 Å². The van der Waals surface area contributed by atoms with Crippen molar-refractivity contribution >= 4 is 9.28 Å². The SMILES string of the molecule is CCN(C)N(CC)[SiH](NC)NC. The summed E-state index contributed by atoms with van der Waals surface area (Å²) in [6.07, 6.45) is 0. The zero-order valence-electron chi connectivity index (χ0n) is 8.89. The van der Waals surface area contributed by atoms with E-state index in [4.69, 9.17) is 0 Å². The van der Waals surface area contributed by atoms with E-state index in [-0.39, 0.29) is 0 Å². The van der Waals surface area contributed by atoms with E-state index in [1.54, 1.807) is 0 Å². The van der Waals surface area contributed by atoms with E-state index in [0.717, 1.165) is 13.1 Å². The van der Waals surface area contributed by atoms with Crippen molar-refractivity contribution in [2.75, 3.05) is 34.2 Å². The number of rotatable bonds is 6. The molecule has 2 N–H and O–H groups in total. The molecular formula is C7H22N4Si. The Bertz CT molecular complexity index is 108. The van der Waals surface area contributed by atoms with Gasteiger partial charge in [-0.15, -0.1) is 0 Å². The first-order valence-electron chi connectivity index (χ1n) is 4.53. The molecular weight excluding hydrogens is 168 g/mol. The van der Waals surface area contributed by atoms with Gasteiger partial charge in [0.05, 0.1) is 0 Å². The normalized spacial score (nSPS) is 12.0. The van der Waals surface area contributed by atoms with Gasteiger partial charge in [0.25, 0.3) is 9.28 Å². The van der Waals surface area contributed by atoms with E-state index in [1.165, 1.54) is 0 Å². The minimum Gasteiger partial charge on any atom is -0.318 e. The lowest BCUT2D eigenvalue weighted by molar-refractivity contribution is 0.0928. The zero-order valence-corrected chi connectivity index (χ0v) is 10.0. The van der Waals surface area contributed by atoms with Gasteiger partial charge in [0.2, 0.25) is 0 Å². The highest BCUT2D eigenvalue weighted by atomic mass is 28.3. The summed E-state index contributed by atoms with van der Waals surface area (Å²) in [5.41, 5.74) is 0. The lowest BCUT2D eigenvalue weighted by Gasteiger charge is -2.35. The maximum Gasteiger partial charge on any atom is 0.280 e. The largest absolute Gasteiger partial charge is 0.318 e. The first kappa shape index (κ1) is 12.1. The number of hydrogen-bond donors (Lipinski definition) is 2. The standard InChI is InChI=1S/C7H22N4Si/c1-6-10(5)11(7-2)12(8-3)9-4/h8-9,12H,6-7H2,1-5H3. The molecule has 0 aliphatic carbocycles. The number of hydrogen-bond acceptors (Lipinski definition) is 4. The van der Waals surface area contributed by atoms with Crippen LogP contribution in [-0.4, -0.2) is 53.2 Å². The molecule has 0 aromatic heterocycles. The van der Waals surface area contributed by atoms with E-state index in [2.05, 4.69) is 40.5 Å². The first-order chi connectivity index (χ1) is 5.71. The Hall–Kier alpha value is 0.0569. The molecule has 0 aliphatic rings. The highest BCUT2D eigenvalue weighted by molar-refractivity contribution is 6.49. The van der Waals surface area contributed by atoms with Crippen LogP contribution in [0.1, 0.15) is 13.8 Å². The molecule has 4 nitrogen and oxygen atoms in total. The molecule has 0 heterocycles. The van der Waals surface area contributed by atoms with Gasteiger partial charge >= 0.3 is 0 Å². The predicted molar refractivity (Wildman–Crippen MR) is 56.0 cm³/mol. The van der Waals surface area contributed by atoms with Gasteiger partial charge in [-0.05, 0) is 14.1 Å². The molecule has 0 spiro atoms. The van der Waals surface area contributed by atoms with Crippen LogP contribution >= 0.6 is 0 Å². The fraction of sp³-hybridized carbons (Fsp3) is 1.00. The van der Waals surface area contributed by atoms with Crippen LogP contribution in [0.15, 0.2) is 0 Å². The molecule has 0 bridgehead atoms. The van der Waals surface area contributed by atoms with Crippen LogP contribution < -0.4 is 9.96 Å².